The molecule has 1 saturated heterocycles. The van der Waals surface area contributed by atoms with Gasteiger partial charge in [-0.05, 0) is 19.9 Å². The second-order valence-electron chi connectivity index (χ2n) is 5.13. The normalized spacial score (nSPS) is 17.8. The first-order valence-corrected chi connectivity index (χ1v) is 6.10. The lowest BCUT2D eigenvalue weighted by Crippen LogP contribution is -2.63. The van der Waals surface area contributed by atoms with E-state index in [2.05, 4.69) is 5.32 Å². The zero-order valence-electron chi connectivity index (χ0n) is 11.2. The molecular formula is C13H15F2N3O2. The van der Waals surface area contributed by atoms with E-state index in [1.165, 1.54) is 4.90 Å². The van der Waals surface area contributed by atoms with Gasteiger partial charge >= 0.3 is 0 Å². The Bertz CT molecular complexity index is 587. The quantitative estimate of drug-likeness (QED) is 0.752. The van der Waals surface area contributed by atoms with Gasteiger partial charge in [-0.1, -0.05) is 0 Å². The number of nitrogens with one attached hydrogen (secondary N) is 1. The van der Waals surface area contributed by atoms with E-state index in [1.54, 1.807) is 13.8 Å². The Morgan fingerprint density at radius 2 is 2.00 bits per heavy atom. The van der Waals surface area contributed by atoms with Gasteiger partial charge in [0, 0.05) is 19.2 Å². The lowest BCUT2D eigenvalue weighted by molar-refractivity contribution is -0.133. The van der Waals surface area contributed by atoms with E-state index >= 15 is 0 Å². The van der Waals surface area contributed by atoms with E-state index in [-0.39, 0.29) is 30.2 Å². The van der Waals surface area contributed by atoms with Crippen molar-refractivity contribution in [2.75, 3.05) is 18.8 Å². The van der Waals surface area contributed by atoms with Crippen LogP contribution >= 0.6 is 0 Å². The number of anilines is 1. The molecule has 0 saturated carbocycles. The number of piperazine rings is 1. The van der Waals surface area contributed by atoms with Crippen LogP contribution in [0.1, 0.15) is 24.2 Å². The van der Waals surface area contributed by atoms with Gasteiger partial charge in [0.2, 0.25) is 5.91 Å². The van der Waals surface area contributed by atoms with Crippen LogP contribution in [0.15, 0.2) is 12.1 Å². The van der Waals surface area contributed by atoms with Gasteiger partial charge in [0.05, 0.1) is 11.3 Å². The van der Waals surface area contributed by atoms with Crippen molar-refractivity contribution in [1.82, 2.24) is 10.2 Å². The number of carbonyl (C=O) groups is 2. The predicted octanol–water partition coefficient (Wildman–Crippen LogP) is 0.898. The van der Waals surface area contributed by atoms with E-state index in [0.717, 1.165) is 6.07 Å². The van der Waals surface area contributed by atoms with Crippen molar-refractivity contribution in [3.8, 4) is 0 Å². The number of benzene rings is 1. The third-order valence-corrected chi connectivity index (χ3v) is 3.41. The number of nitrogens with zero attached hydrogens (tertiary/aromatic N) is 1. The van der Waals surface area contributed by atoms with E-state index in [9.17, 15) is 18.4 Å². The summed E-state index contributed by atoms with van der Waals surface area (Å²) in [4.78, 5) is 25.4. The summed E-state index contributed by atoms with van der Waals surface area (Å²) in [6.07, 6.45) is 0. The molecule has 3 N–H and O–H groups in total. The van der Waals surface area contributed by atoms with Gasteiger partial charge in [-0.15, -0.1) is 0 Å². The fraction of sp³-hybridized carbons (Fsp3) is 0.385. The van der Waals surface area contributed by atoms with E-state index in [4.69, 9.17) is 5.73 Å². The van der Waals surface area contributed by atoms with Crippen molar-refractivity contribution < 1.29 is 18.4 Å². The minimum absolute atomic E-state index is 0.244. The molecule has 0 aromatic heterocycles. The molecule has 108 valence electrons. The minimum Gasteiger partial charge on any atom is -0.396 e. The number of hydrogen-bond donors (Lipinski definition) is 2. The van der Waals surface area contributed by atoms with Crippen LogP contribution in [0.5, 0.6) is 0 Å². The smallest absolute Gasteiger partial charge is 0.257 e. The Hall–Kier alpha value is -2.18. The lowest BCUT2D eigenvalue weighted by atomic mass is 9.97. The Morgan fingerprint density at radius 3 is 2.65 bits per heavy atom. The van der Waals surface area contributed by atoms with Crippen molar-refractivity contribution in [3.63, 3.8) is 0 Å². The number of hydrogen-bond acceptors (Lipinski definition) is 3. The van der Waals surface area contributed by atoms with Crippen LogP contribution in [-0.2, 0) is 4.79 Å². The first kappa shape index (κ1) is 14.2. The van der Waals surface area contributed by atoms with Crippen LogP contribution in [0, 0.1) is 11.6 Å². The standard InChI is InChI=1S/C13H15F2N3O2/c1-13(2)12(20)17-3-4-18(13)11(19)7-5-10(16)9(15)6-8(7)14/h5-6H,3-4,16H2,1-2H3,(H,17,20). The molecule has 0 radical (unpaired) electrons. The Balaban J connectivity index is 2.41. The average molecular weight is 283 g/mol. The van der Waals surface area contributed by atoms with Crippen molar-refractivity contribution in [2.24, 2.45) is 0 Å². The van der Waals surface area contributed by atoms with Gasteiger partial charge in [-0.3, -0.25) is 9.59 Å². The molecule has 0 atom stereocenters. The fourth-order valence-electron chi connectivity index (χ4n) is 2.13. The largest absolute Gasteiger partial charge is 0.396 e. The molecule has 5 nitrogen and oxygen atoms in total. The Morgan fingerprint density at radius 1 is 1.35 bits per heavy atom. The van der Waals surface area contributed by atoms with Crippen molar-refractivity contribution >= 4 is 17.5 Å². The molecule has 2 amide bonds. The van der Waals surface area contributed by atoms with E-state index in [1.807, 2.05) is 0 Å². The van der Waals surface area contributed by atoms with Crippen LogP contribution < -0.4 is 11.1 Å². The Labute approximate surface area is 114 Å². The highest BCUT2D eigenvalue weighted by Gasteiger charge is 2.41. The summed E-state index contributed by atoms with van der Waals surface area (Å²) in [5, 5.41) is 2.63. The highest BCUT2D eigenvalue weighted by atomic mass is 19.1. The second kappa shape index (κ2) is 4.73. The van der Waals surface area contributed by atoms with Gasteiger partial charge in [-0.25, -0.2) is 8.78 Å². The van der Waals surface area contributed by atoms with Crippen LogP contribution in [0.4, 0.5) is 14.5 Å². The highest BCUT2D eigenvalue weighted by molar-refractivity contribution is 6.00. The second-order valence-corrected chi connectivity index (χ2v) is 5.13. The monoisotopic (exact) mass is 283 g/mol. The minimum atomic E-state index is -1.11. The summed E-state index contributed by atoms with van der Waals surface area (Å²) in [5.41, 5.74) is 3.60. The SMILES string of the molecule is CC1(C)C(=O)NCCN1C(=O)c1cc(N)c(F)cc1F. The number of carbonyl (C=O) groups excluding carboxylic acids is 2. The first-order valence-electron chi connectivity index (χ1n) is 6.10. The zero-order valence-corrected chi connectivity index (χ0v) is 11.2. The molecule has 0 bridgehead atoms. The summed E-state index contributed by atoms with van der Waals surface area (Å²) >= 11 is 0. The van der Waals surface area contributed by atoms with Crippen molar-refractivity contribution in [1.29, 1.82) is 0 Å². The Kier molecular flexibility index (Phi) is 3.37. The molecule has 0 unspecified atom stereocenters. The third kappa shape index (κ3) is 2.19. The highest BCUT2D eigenvalue weighted by Crippen LogP contribution is 2.24. The molecule has 1 aromatic rings. The molecule has 0 aliphatic carbocycles. The molecule has 1 fully saturated rings. The fourth-order valence-corrected chi connectivity index (χ4v) is 2.13. The summed E-state index contributed by atoms with van der Waals surface area (Å²) in [7, 11) is 0. The summed E-state index contributed by atoms with van der Waals surface area (Å²) in [6.45, 7) is 3.65. The van der Waals surface area contributed by atoms with Gasteiger partial charge in [-0.2, -0.15) is 0 Å². The maximum Gasteiger partial charge on any atom is 0.257 e. The zero-order chi connectivity index (χ0) is 15.1. The first-order chi connectivity index (χ1) is 9.25. The number of nitrogens with two attached hydrogens (primary N) is 1. The maximum absolute atomic E-state index is 13.7. The summed E-state index contributed by atoms with van der Waals surface area (Å²) in [6, 6.07) is 1.52. The molecule has 0 spiro atoms. The molecule has 1 aliphatic heterocycles. The summed E-state index contributed by atoms with van der Waals surface area (Å²) in [5.74, 6) is -2.93. The van der Waals surface area contributed by atoms with Gasteiger partial charge in [0.15, 0.2) is 0 Å². The van der Waals surface area contributed by atoms with Crippen LogP contribution in [0.2, 0.25) is 0 Å². The molecule has 1 heterocycles. The van der Waals surface area contributed by atoms with Crippen LogP contribution in [0.3, 0.4) is 0 Å². The number of nitrogen functional groups attached to an aromatic ring is 1. The topological polar surface area (TPSA) is 75.4 Å². The summed E-state index contributed by atoms with van der Waals surface area (Å²) < 4.78 is 26.9. The van der Waals surface area contributed by atoms with Crippen LogP contribution in [-0.4, -0.2) is 35.3 Å². The number of halogens is 2. The molecule has 20 heavy (non-hydrogen) atoms. The molecule has 7 heteroatoms. The van der Waals surface area contributed by atoms with Gasteiger partial charge < -0.3 is 16.0 Å². The number of rotatable bonds is 1. The molecular weight excluding hydrogens is 268 g/mol. The van der Waals surface area contributed by atoms with E-state index in [0.29, 0.717) is 6.07 Å². The average Bonchev–Trinajstić information content (AvgIpc) is 2.36. The molecule has 1 aliphatic rings. The lowest BCUT2D eigenvalue weighted by Gasteiger charge is -2.41. The van der Waals surface area contributed by atoms with Crippen LogP contribution in [0.25, 0.3) is 0 Å². The molecule has 2 rings (SSSR count). The third-order valence-electron chi connectivity index (χ3n) is 3.41. The predicted molar refractivity (Wildman–Crippen MR) is 68.9 cm³/mol. The van der Waals surface area contributed by atoms with Crippen molar-refractivity contribution in [2.45, 2.75) is 19.4 Å². The van der Waals surface area contributed by atoms with E-state index < -0.39 is 23.1 Å². The maximum atomic E-state index is 13.7. The van der Waals surface area contributed by atoms with Gasteiger partial charge in [0.25, 0.3) is 5.91 Å². The number of amides is 2. The van der Waals surface area contributed by atoms with Gasteiger partial charge in [0.1, 0.15) is 17.2 Å². The van der Waals surface area contributed by atoms with Crippen molar-refractivity contribution in [3.05, 3.63) is 29.3 Å². The molecule has 1 aromatic carbocycles.